The third-order valence-corrected chi connectivity index (χ3v) is 6.31. The van der Waals surface area contributed by atoms with Crippen molar-refractivity contribution in [2.75, 3.05) is 26.2 Å². The van der Waals surface area contributed by atoms with Gasteiger partial charge < -0.3 is 9.64 Å². The average molecular weight is 338 g/mol. The molecule has 1 spiro atoms. The molecule has 1 atom stereocenters. The van der Waals surface area contributed by atoms with E-state index in [2.05, 4.69) is 40.9 Å². The molecule has 130 valence electrons. The van der Waals surface area contributed by atoms with E-state index in [1.807, 2.05) is 5.51 Å². The molecule has 2 saturated heterocycles. The van der Waals surface area contributed by atoms with E-state index in [9.17, 15) is 0 Å². The van der Waals surface area contributed by atoms with E-state index in [1.54, 1.807) is 11.3 Å². The van der Waals surface area contributed by atoms with E-state index in [1.165, 1.54) is 38.0 Å². The minimum Gasteiger partial charge on any atom is -0.375 e. The molecule has 0 N–H and O–H groups in total. The summed E-state index contributed by atoms with van der Waals surface area (Å²) in [5, 5.41) is 2.18. The molecular weight excluding hydrogens is 306 g/mol. The van der Waals surface area contributed by atoms with Gasteiger partial charge in [0, 0.05) is 43.7 Å². The van der Waals surface area contributed by atoms with Crippen molar-refractivity contribution < 1.29 is 4.74 Å². The van der Waals surface area contributed by atoms with Crippen LogP contribution in [0, 0.1) is 0 Å². The first-order valence-corrected chi connectivity index (χ1v) is 10.1. The predicted octanol–water partition coefficient (Wildman–Crippen LogP) is 3.39. The van der Waals surface area contributed by atoms with Crippen molar-refractivity contribution in [2.45, 2.75) is 70.7 Å². The Balaban J connectivity index is 1.61. The highest BCUT2D eigenvalue weighted by Gasteiger charge is 2.41. The number of rotatable bonds is 5. The molecule has 0 aromatic carbocycles. The Morgan fingerprint density at radius 2 is 2.22 bits per heavy atom. The molecule has 2 aliphatic rings. The largest absolute Gasteiger partial charge is 0.375 e. The van der Waals surface area contributed by atoms with Gasteiger partial charge in [0.05, 0.1) is 16.8 Å². The lowest BCUT2D eigenvalue weighted by molar-refractivity contribution is -0.135. The normalized spacial score (nSPS) is 25.5. The van der Waals surface area contributed by atoms with E-state index in [4.69, 9.17) is 4.74 Å². The van der Waals surface area contributed by atoms with Gasteiger partial charge in [-0.15, -0.1) is 11.3 Å². The quantitative estimate of drug-likeness (QED) is 0.823. The van der Waals surface area contributed by atoms with Gasteiger partial charge in [0.25, 0.3) is 0 Å². The molecule has 5 heteroatoms. The fourth-order valence-corrected chi connectivity index (χ4v) is 4.68. The van der Waals surface area contributed by atoms with Crippen LogP contribution in [0.25, 0.3) is 0 Å². The van der Waals surface area contributed by atoms with E-state index < -0.39 is 0 Å². The Morgan fingerprint density at radius 1 is 1.43 bits per heavy atom. The molecular formula is C18H31N3OS. The number of hydrogen-bond donors (Lipinski definition) is 0. The Morgan fingerprint density at radius 3 is 2.83 bits per heavy atom. The van der Waals surface area contributed by atoms with Crippen LogP contribution in [0.2, 0.25) is 0 Å². The van der Waals surface area contributed by atoms with Crippen molar-refractivity contribution >= 4 is 11.3 Å². The minimum atomic E-state index is 0.129. The molecule has 2 fully saturated rings. The second kappa shape index (κ2) is 7.60. The summed E-state index contributed by atoms with van der Waals surface area (Å²) in [5.41, 5.74) is 3.28. The number of aromatic nitrogens is 1. The standard InChI is InChI=1S/C18H31N3OS/c1-4-20(12-16-13-23-14-19-16)17-5-10-22-18(11-17)6-8-21(9-7-18)15(2)3/h13-15,17H,4-12H2,1-3H3. The van der Waals surface area contributed by atoms with Gasteiger partial charge in [0.1, 0.15) is 0 Å². The Bertz CT molecular complexity index is 469. The van der Waals surface area contributed by atoms with Gasteiger partial charge in [-0.25, -0.2) is 4.98 Å². The number of piperidine rings is 1. The fourth-order valence-electron chi connectivity index (χ4n) is 4.13. The molecule has 4 nitrogen and oxygen atoms in total. The van der Waals surface area contributed by atoms with Crippen LogP contribution in [-0.2, 0) is 11.3 Å². The number of likely N-dealkylation sites (tertiary alicyclic amines) is 1. The summed E-state index contributed by atoms with van der Waals surface area (Å²) < 4.78 is 6.33. The highest BCUT2D eigenvalue weighted by Crippen LogP contribution is 2.37. The van der Waals surface area contributed by atoms with Gasteiger partial charge in [0.2, 0.25) is 0 Å². The number of thiazole rings is 1. The van der Waals surface area contributed by atoms with Crippen LogP contribution in [0.15, 0.2) is 10.9 Å². The summed E-state index contributed by atoms with van der Waals surface area (Å²) in [6.07, 6.45) is 4.73. The van der Waals surface area contributed by atoms with Crippen LogP contribution in [0.5, 0.6) is 0 Å². The lowest BCUT2D eigenvalue weighted by atomic mass is 9.81. The van der Waals surface area contributed by atoms with Gasteiger partial charge in [-0.2, -0.15) is 0 Å². The molecule has 3 rings (SSSR count). The Kier molecular flexibility index (Phi) is 5.73. The van der Waals surface area contributed by atoms with Crippen molar-refractivity contribution in [1.82, 2.24) is 14.8 Å². The third kappa shape index (κ3) is 4.13. The molecule has 3 heterocycles. The monoisotopic (exact) mass is 337 g/mol. The van der Waals surface area contributed by atoms with Gasteiger partial charge >= 0.3 is 0 Å². The van der Waals surface area contributed by atoms with Gasteiger partial charge in [-0.3, -0.25) is 4.90 Å². The molecule has 1 aromatic heterocycles. The molecule has 0 saturated carbocycles. The zero-order valence-corrected chi connectivity index (χ0v) is 15.6. The third-order valence-electron chi connectivity index (χ3n) is 5.68. The summed E-state index contributed by atoms with van der Waals surface area (Å²) >= 11 is 1.70. The lowest BCUT2D eigenvalue weighted by Gasteiger charge is -2.49. The first-order valence-electron chi connectivity index (χ1n) is 9.11. The maximum absolute atomic E-state index is 6.33. The van der Waals surface area contributed by atoms with E-state index in [-0.39, 0.29) is 5.60 Å². The molecule has 0 radical (unpaired) electrons. The maximum atomic E-state index is 6.33. The van der Waals surface area contributed by atoms with Gasteiger partial charge in [-0.05, 0) is 46.1 Å². The van der Waals surface area contributed by atoms with Gasteiger partial charge in [0.15, 0.2) is 0 Å². The van der Waals surface area contributed by atoms with Crippen LogP contribution in [0.3, 0.4) is 0 Å². The first kappa shape index (κ1) is 17.3. The van der Waals surface area contributed by atoms with Gasteiger partial charge in [-0.1, -0.05) is 6.92 Å². The number of hydrogen-bond acceptors (Lipinski definition) is 5. The van der Waals surface area contributed by atoms with Crippen molar-refractivity contribution in [1.29, 1.82) is 0 Å². The van der Waals surface area contributed by atoms with Crippen molar-refractivity contribution in [3.05, 3.63) is 16.6 Å². The van der Waals surface area contributed by atoms with Crippen LogP contribution >= 0.6 is 11.3 Å². The van der Waals surface area contributed by atoms with Crippen LogP contribution in [-0.4, -0.2) is 58.7 Å². The molecule has 0 amide bonds. The molecule has 23 heavy (non-hydrogen) atoms. The molecule has 0 aliphatic carbocycles. The second-order valence-electron chi connectivity index (χ2n) is 7.35. The van der Waals surface area contributed by atoms with E-state index in [0.717, 1.165) is 26.1 Å². The fraction of sp³-hybridized carbons (Fsp3) is 0.833. The zero-order valence-electron chi connectivity index (χ0n) is 14.8. The zero-order chi connectivity index (χ0) is 16.3. The molecule has 2 aliphatic heterocycles. The van der Waals surface area contributed by atoms with Crippen molar-refractivity contribution in [3.63, 3.8) is 0 Å². The average Bonchev–Trinajstić information content (AvgIpc) is 3.06. The number of ether oxygens (including phenoxy) is 1. The van der Waals surface area contributed by atoms with E-state index in [0.29, 0.717) is 12.1 Å². The van der Waals surface area contributed by atoms with Crippen LogP contribution in [0.1, 0.15) is 52.1 Å². The highest BCUT2D eigenvalue weighted by molar-refractivity contribution is 7.07. The Hall–Kier alpha value is -0.490. The number of nitrogens with zero attached hydrogens (tertiary/aromatic N) is 3. The van der Waals surface area contributed by atoms with Crippen molar-refractivity contribution in [3.8, 4) is 0 Å². The first-order chi connectivity index (χ1) is 11.1. The lowest BCUT2D eigenvalue weighted by Crippen LogP contribution is -2.54. The second-order valence-corrected chi connectivity index (χ2v) is 8.07. The smallest absolute Gasteiger partial charge is 0.0795 e. The minimum absolute atomic E-state index is 0.129. The molecule has 1 aromatic rings. The molecule has 0 bridgehead atoms. The summed E-state index contributed by atoms with van der Waals surface area (Å²) in [5.74, 6) is 0. The summed E-state index contributed by atoms with van der Waals surface area (Å²) in [6, 6.07) is 1.30. The van der Waals surface area contributed by atoms with Crippen LogP contribution in [0.4, 0.5) is 0 Å². The summed E-state index contributed by atoms with van der Waals surface area (Å²) in [7, 11) is 0. The summed E-state index contributed by atoms with van der Waals surface area (Å²) in [4.78, 5) is 9.66. The van der Waals surface area contributed by atoms with Crippen molar-refractivity contribution in [2.24, 2.45) is 0 Å². The SMILES string of the molecule is CCN(Cc1cscn1)C1CCOC2(CCN(C(C)C)CC2)C1. The Labute approximate surface area is 144 Å². The topological polar surface area (TPSA) is 28.6 Å². The predicted molar refractivity (Wildman–Crippen MR) is 95.8 cm³/mol. The maximum Gasteiger partial charge on any atom is 0.0795 e. The van der Waals surface area contributed by atoms with Crippen LogP contribution < -0.4 is 0 Å². The molecule has 1 unspecified atom stereocenters. The summed E-state index contributed by atoms with van der Waals surface area (Å²) in [6.45, 7) is 12.2. The van der Waals surface area contributed by atoms with E-state index >= 15 is 0 Å². The highest BCUT2D eigenvalue weighted by atomic mass is 32.1.